The molecular formula is C16H15ClN2O2. The van der Waals surface area contributed by atoms with Crippen LogP contribution in [0.15, 0.2) is 42.5 Å². The monoisotopic (exact) mass is 302 g/mol. The Balaban J connectivity index is 2.10. The second-order valence-corrected chi connectivity index (χ2v) is 5.11. The molecule has 0 fully saturated rings. The van der Waals surface area contributed by atoms with Gasteiger partial charge in [-0.1, -0.05) is 29.8 Å². The summed E-state index contributed by atoms with van der Waals surface area (Å²) in [5, 5.41) is 5.82. The average Bonchev–Trinajstić information content (AvgIpc) is 2.43. The van der Waals surface area contributed by atoms with Gasteiger partial charge >= 0.3 is 6.03 Å². The average molecular weight is 303 g/mol. The van der Waals surface area contributed by atoms with Crippen molar-refractivity contribution in [3.8, 4) is 0 Å². The first-order valence-electron chi connectivity index (χ1n) is 6.41. The number of carbonyl (C=O) groups is 2. The Hall–Kier alpha value is -2.33. The van der Waals surface area contributed by atoms with E-state index in [1.165, 1.54) is 6.92 Å². The number of aryl methyl sites for hydroxylation is 1. The van der Waals surface area contributed by atoms with Crippen molar-refractivity contribution in [1.82, 2.24) is 0 Å². The van der Waals surface area contributed by atoms with Gasteiger partial charge in [-0.3, -0.25) is 4.79 Å². The highest BCUT2D eigenvalue weighted by Gasteiger charge is 2.07. The normalized spacial score (nSPS) is 10.0. The summed E-state index contributed by atoms with van der Waals surface area (Å²) in [5.41, 5.74) is 2.62. The number of anilines is 2. The van der Waals surface area contributed by atoms with Crippen LogP contribution in [0.2, 0.25) is 5.02 Å². The van der Waals surface area contributed by atoms with E-state index in [0.29, 0.717) is 22.0 Å². The summed E-state index contributed by atoms with van der Waals surface area (Å²) in [7, 11) is 0. The van der Waals surface area contributed by atoms with E-state index in [2.05, 4.69) is 10.6 Å². The minimum absolute atomic E-state index is 0.0548. The van der Waals surface area contributed by atoms with Gasteiger partial charge < -0.3 is 10.6 Å². The highest BCUT2D eigenvalue weighted by molar-refractivity contribution is 6.33. The molecule has 5 heteroatoms. The first kappa shape index (κ1) is 15.1. The van der Waals surface area contributed by atoms with Gasteiger partial charge in [-0.2, -0.15) is 0 Å². The van der Waals surface area contributed by atoms with Gasteiger partial charge in [-0.15, -0.1) is 0 Å². The van der Waals surface area contributed by atoms with E-state index in [-0.39, 0.29) is 5.78 Å². The lowest BCUT2D eigenvalue weighted by molar-refractivity contribution is 0.101. The van der Waals surface area contributed by atoms with Crippen LogP contribution in [0, 0.1) is 6.92 Å². The number of hydrogen-bond donors (Lipinski definition) is 2. The molecule has 2 amide bonds. The standard InChI is InChI=1S/C16H15ClN2O2/c1-10-6-7-14(17)15(8-10)19-16(21)18-13-5-3-4-12(9-13)11(2)20/h3-9H,1-2H3,(H2,18,19,21). The van der Waals surface area contributed by atoms with Crippen molar-refractivity contribution >= 4 is 34.8 Å². The molecule has 0 aliphatic carbocycles. The third-order valence-electron chi connectivity index (χ3n) is 2.90. The number of urea groups is 1. The zero-order chi connectivity index (χ0) is 15.4. The Morgan fingerprint density at radius 1 is 1.05 bits per heavy atom. The molecule has 0 radical (unpaired) electrons. The van der Waals surface area contributed by atoms with Gasteiger partial charge in [-0.05, 0) is 43.7 Å². The summed E-state index contributed by atoms with van der Waals surface area (Å²) in [6, 6.07) is 11.7. The van der Waals surface area contributed by atoms with Crippen LogP contribution in [0.25, 0.3) is 0 Å². The minimum Gasteiger partial charge on any atom is -0.308 e. The minimum atomic E-state index is -0.414. The van der Waals surface area contributed by atoms with Crippen molar-refractivity contribution in [2.24, 2.45) is 0 Å². The zero-order valence-corrected chi connectivity index (χ0v) is 12.5. The van der Waals surface area contributed by atoms with Crippen LogP contribution in [0.1, 0.15) is 22.8 Å². The largest absolute Gasteiger partial charge is 0.323 e. The number of benzene rings is 2. The molecule has 2 rings (SSSR count). The number of amides is 2. The summed E-state index contributed by atoms with van der Waals surface area (Å²) in [6.45, 7) is 3.39. The smallest absolute Gasteiger partial charge is 0.308 e. The Bertz CT molecular complexity index is 698. The fourth-order valence-corrected chi connectivity index (χ4v) is 2.00. The number of carbonyl (C=O) groups excluding carboxylic acids is 2. The molecule has 0 unspecified atom stereocenters. The van der Waals surface area contributed by atoms with E-state index in [9.17, 15) is 9.59 Å². The molecule has 108 valence electrons. The topological polar surface area (TPSA) is 58.2 Å². The van der Waals surface area contributed by atoms with E-state index >= 15 is 0 Å². The van der Waals surface area contributed by atoms with Gasteiger partial charge in [0.25, 0.3) is 0 Å². The molecule has 0 aromatic heterocycles. The molecule has 21 heavy (non-hydrogen) atoms. The Kier molecular flexibility index (Phi) is 4.60. The third kappa shape index (κ3) is 4.07. The fraction of sp³-hybridized carbons (Fsp3) is 0.125. The van der Waals surface area contributed by atoms with Crippen molar-refractivity contribution in [2.45, 2.75) is 13.8 Å². The second-order valence-electron chi connectivity index (χ2n) is 4.70. The molecule has 0 saturated heterocycles. The van der Waals surface area contributed by atoms with Crippen molar-refractivity contribution < 1.29 is 9.59 Å². The summed E-state index contributed by atoms with van der Waals surface area (Å²) in [4.78, 5) is 23.3. The van der Waals surface area contributed by atoms with Crippen molar-refractivity contribution in [1.29, 1.82) is 0 Å². The predicted molar refractivity (Wildman–Crippen MR) is 85.3 cm³/mol. The molecule has 0 aliphatic heterocycles. The molecule has 0 heterocycles. The van der Waals surface area contributed by atoms with E-state index in [1.54, 1.807) is 36.4 Å². The summed E-state index contributed by atoms with van der Waals surface area (Å²) < 4.78 is 0. The Morgan fingerprint density at radius 2 is 1.81 bits per heavy atom. The van der Waals surface area contributed by atoms with Crippen LogP contribution in [0.3, 0.4) is 0 Å². The number of rotatable bonds is 3. The van der Waals surface area contributed by atoms with Gasteiger partial charge in [0.05, 0.1) is 10.7 Å². The van der Waals surface area contributed by atoms with Crippen LogP contribution in [-0.4, -0.2) is 11.8 Å². The summed E-state index contributed by atoms with van der Waals surface area (Å²) >= 11 is 6.02. The lowest BCUT2D eigenvalue weighted by Gasteiger charge is -2.10. The first-order chi connectivity index (χ1) is 9.95. The molecule has 0 spiro atoms. The Morgan fingerprint density at radius 3 is 2.52 bits per heavy atom. The molecule has 0 atom stereocenters. The van der Waals surface area contributed by atoms with E-state index in [4.69, 9.17) is 11.6 Å². The van der Waals surface area contributed by atoms with Crippen LogP contribution in [-0.2, 0) is 0 Å². The summed E-state index contributed by atoms with van der Waals surface area (Å²) in [5.74, 6) is -0.0548. The maximum atomic E-state index is 12.0. The maximum absolute atomic E-state index is 12.0. The first-order valence-corrected chi connectivity index (χ1v) is 6.78. The SMILES string of the molecule is CC(=O)c1cccc(NC(=O)Nc2cc(C)ccc2Cl)c1. The van der Waals surface area contributed by atoms with Gasteiger partial charge in [0, 0.05) is 11.3 Å². The van der Waals surface area contributed by atoms with Crippen molar-refractivity contribution in [3.63, 3.8) is 0 Å². The number of ketones is 1. The van der Waals surface area contributed by atoms with Gasteiger partial charge in [0.15, 0.2) is 5.78 Å². The molecule has 0 saturated carbocycles. The Labute approximate surface area is 128 Å². The lowest BCUT2D eigenvalue weighted by atomic mass is 10.1. The number of halogens is 1. The molecular weight excluding hydrogens is 288 g/mol. The van der Waals surface area contributed by atoms with Crippen LogP contribution in [0.4, 0.5) is 16.2 Å². The third-order valence-corrected chi connectivity index (χ3v) is 3.23. The quantitative estimate of drug-likeness (QED) is 0.820. The predicted octanol–water partition coefficient (Wildman–Crippen LogP) is 4.50. The van der Waals surface area contributed by atoms with E-state index in [0.717, 1.165) is 5.56 Å². The van der Waals surface area contributed by atoms with E-state index in [1.807, 2.05) is 13.0 Å². The van der Waals surface area contributed by atoms with Gasteiger partial charge in [-0.25, -0.2) is 4.79 Å². The fourth-order valence-electron chi connectivity index (χ4n) is 1.84. The van der Waals surface area contributed by atoms with Crippen molar-refractivity contribution in [3.05, 3.63) is 58.6 Å². The second kappa shape index (κ2) is 6.41. The molecule has 2 aromatic rings. The molecule has 4 nitrogen and oxygen atoms in total. The molecule has 0 bridgehead atoms. The van der Waals surface area contributed by atoms with Crippen molar-refractivity contribution in [2.75, 3.05) is 10.6 Å². The maximum Gasteiger partial charge on any atom is 0.323 e. The highest BCUT2D eigenvalue weighted by atomic mass is 35.5. The van der Waals surface area contributed by atoms with Crippen LogP contribution in [0.5, 0.6) is 0 Å². The zero-order valence-electron chi connectivity index (χ0n) is 11.7. The number of nitrogens with one attached hydrogen (secondary N) is 2. The highest BCUT2D eigenvalue weighted by Crippen LogP contribution is 2.23. The number of Topliss-reactive ketones (excluding diaryl/α,β-unsaturated/α-hetero) is 1. The van der Waals surface area contributed by atoms with Crippen LogP contribution < -0.4 is 10.6 Å². The van der Waals surface area contributed by atoms with Gasteiger partial charge in [0.1, 0.15) is 0 Å². The lowest BCUT2D eigenvalue weighted by Crippen LogP contribution is -2.19. The number of hydrogen-bond acceptors (Lipinski definition) is 2. The summed E-state index contributed by atoms with van der Waals surface area (Å²) in [6.07, 6.45) is 0. The molecule has 2 aromatic carbocycles. The van der Waals surface area contributed by atoms with Crippen LogP contribution >= 0.6 is 11.6 Å². The molecule has 2 N–H and O–H groups in total. The van der Waals surface area contributed by atoms with E-state index < -0.39 is 6.03 Å². The molecule has 0 aliphatic rings. The van der Waals surface area contributed by atoms with Gasteiger partial charge in [0.2, 0.25) is 0 Å².